The topological polar surface area (TPSA) is 92.6 Å². The number of furan rings is 1. The fourth-order valence-electron chi connectivity index (χ4n) is 2.87. The standard InChI is InChI=1S/C22H21N3O4S/c1-13-6-8-16(14(2)11-13)20(26)25-22(30)23-15-7-9-17(19(12-15)28-3)24-21(27)18-5-4-10-29-18/h4-12H,1-3H3,(H,24,27)(H2,23,25,26,30). The molecule has 3 rings (SSSR count). The fraction of sp³-hybridized carbons (Fsp3) is 0.136. The van der Waals surface area contributed by atoms with Gasteiger partial charge in [0.2, 0.25) is 0 Å². The van der Waals surface area contributed by atoms with Crippen LogP contribution in [0.15, 0.2) is 59.2 Å². The molecule has 0 saturated carbocycles. The van der Waals surface area contributed by atoms with Gasteiger partial charge in [-0.2, -0.15) is 0 Å². The first-order valence-corrected chi connectivity index (χ1v) is 9.50. The van der Waals surface area contributed by atoms with Gasteiger partial charge in [0.1, 0.15) is 5.75 Å². The van der Waals surface area contributed by atoms with Crippen LogP contribution in [0.2, 0.25) is 0 Å². The van der Waals surface area contributed by atoms with E-state index in [2.05, 4.69) is 16.0 Å². The van der Waals surface area contributed by atoms with Gasteiger partial charge >= 0.3 is 0 Å². The summed E-state index contributed by atoms with van der Waals surface area (Å²) in [6.07, 6.45) is 1.42. The van der Waals surface area contributed by atoms with Crippen molar-refractivity contribution in [3.05, 3.63) is 77.2 Å². The smallest absolute Gasteiger partial charge is 0.291 e. The molecular formula is C22H21N3O4S. The van der Waals surface area contributed by atoms with Crippen LogP contribution in [0.3, 0.4) is 0 Å². The average molecular weight is 423 g/mol. The number of hydrogen-bond acceptors (Lipinski definition) is 5. The molecule has 2 aromatic carbocycles. The van der Waals surface area contributed by atoms with Gasteiger partial charge < -0.3 is 19.8 Å². The number of rotatable bonds is 5. The van der Waals surface area contributed by atoms with Gasteiger partial charge in [-0.25, -0.2) is 0 Å². The van der Waals surface area contributed by atoms with Crippen molar-refractivity contribution in [3.63, 3.8) is 0 Å². The van der Waals surface area contributed by atoms with Gasteiger partial charge in [-0.1, -0.05) is 17.7 Å². The van der Waals surface area contributed by atoms with Crippen LogP contribution in [0.1, 0.15) is 32.0 Å². The van der Waals surface area contributed by atoms with Gasteiger partial charge in [0.25, 0.3) is 11.8 Å². The minimum absolute atomic E-state index is 0.148. The molecule has 3 aromatic rings. The molecular weight excluding hydrogens is 402 g/mol. The van der Waals surface area contributed by atoms with E-state index in [0.29, 0.717) is 22.7 Å². The molecule has 8 heteroatoms. The monoisotopic (exact) mass is 423 g/mol. The average Bonchev–Trinajstić information content (AvgIpc) is 3.23. The van der Waals surface area contributed by atoms with Crippen LogP contribution in [-0.2, 0) is 0 Å². The summed E-state index contributed by atoms with van der Waals surface area (Å²) in [4.78, 5) is 24.6. The minimum Gasteiger partial charge on any atom is -0.494 e. The number of nitrogens with one attached hydrogen (secondary N) is 3. The van der Waals surface area contributed by atoms with Crippen molar-refractivity contribution in [3.8, 4) is 5.75 Å². The maximum atomic E-state index is 12.5. The molecule has 1 aromatic heterocycles. The molecule has 1 heterocycles. The van der Waals surface area contributed by atoms with Crippen LogP contribution in [-0.4, -0.2) is 24.0 Å². The lowest BCUT2D eigenvalue weighted by molar-refractivity contribution is 0.0974. The zero-order valence-corrected chi connectivity index (χ0v) is 17.6. The lowest BCUT2D eigenvalue weighted by Crippen LogP contribution is -2.34. The molecule has 0 spiro atoms. The van der Waals surface area contributed by atoms with Crippen LogP contribution >= 0.6 is 12.2 Å². The normalized spacial score (nSPS) is 10.2. The Morgan fingerprint density at radius 3 is 2.47 bits per heavy atom. The zero-order chi connectivity index (χ0) is 21.7. The van der Waals surface area contributed by atoms with E-state index in [4.69, 9.17) is 21.4 Å². The third kappa shape index (κ3) is 5.03. The Morgan fingerprint density at radius 2 is 1.80 bits per heavy atom. The molecule has 0 bridgehead atoms. The summed E-state index contributed by atoms with van der Waals surface area (Å²) in [5.41, 5.74) is 3.56. The molecule has 154 valence electrons. The summed E-state index contributed by atoms with van der Waals surface area (Å²) in [6.45, 7) is 3.84. The predicted molar refractivity (Wildman–Crippen MR) is 119 cm³/mol. The number of ether oxygens (including phenoxy) is 1. The number of methoxy groups -OCH3 is 1. The van der Waals surface area contributed by atoms with Crippen molar-refractivity contribution < 1.29 is 18.7 Å². The van der Waals surface area contributed by atoms with Crippen LogP contribution in [0.25, 0.3) is 0 Å². The van der Waals surface area contributed by atoms with E-state index in [1.54, 1.807) is 36.4 Å². The minimum atomic E-state index is -0.393. The van der Waals surface area contributed by atoms with Crippen molar-refractivity contribution in [2.75, 3.05) is 17.7 Å². The van der Waals surface area contributed by atoms with E-state index in [1.807, 2.05) is 26.0 Å². The lowest BCUT2D eigenvalue weighted by atomic mass is 10.1. The van der Waals surface area contributed by atoms with Gasteiger partial charge in [0, 0.05) is 17.3 Å². The molecule has 0 unspecified atom stereocenters. The van der Waals surface area contributed by atoms with Crippen molar-refractivity contribution in [1.82, 2.24) is 5.32 Å². The van der Waals surface area contributed by atoms with Crippen molar-refractivity contribution >= 4 is 40.5 Å². The Balaban J connectivity index is 1.66. The molecule has 0 saturated heterocycles. The lowest BCUT2D eigenvalue weighted by Gasteiger charge is -2.14. The van der Waals surface area contributed by atoms with Gasteiger partial charge in [0.05, 0.1) is 19.1 Å². The fourth-order valence-corrected chi connectivity index (χ4v) is 3.08. The third-order valence-corrected chi connectivity index (χ3v) is 4.51. The summed E-state index contributed by atoms with van der Waals surface area (Å²) in [7, 11) is 1.49. The molecule has 0 aliphatic rings. The number of carbonyl (C=O) groups excluding carboxylic acids is 2. The molecule has 2 amide bonds. The number of thiocarbonyl (C=S) groups is 1. The van der Waals surface area contributed by atoms with E-state index < -0.39 is 5.91 Å². The Labute approximate surface area is 179 Å². The van der Waals surface area contributed by atoms with Crippen molar-refractivity contribution in [2.24, 2.45) is 0 Å². The molecule has 30 heavy (non-hydrogen) atoms. The highest BCUT2D eigenvalue weighted by Crippen LogP contribution is 2.28. The predicted octanol–water partition coefficient (Wildman–Crippen LogP) is 4.28. The van der Waals surface area contributed by atoms with E-state index in [1.165, 1.54) is 13.4 Å². The summed E-state index contributed by atoms with van der Waals surface area (Å²) in [5, 5.41) is 8.48. The van der Waals surface area contributed by atoms with E-state index in [9.17, 15) is 9.59 Å². The summed E-state index contributed by atoms with van der Waals surface area (Å²) in [5.74, 6) is -0.0764. The van der Waals surface area contributed by atoms with Gasteiger partial charge in [-0.3, -0.25) is 14.9 Å². The van der Waals surface area contributed by atoms with E-state index in [0.717, 1.165) is 11.1 Å². The number of anilines is 2. The largest absolute Gasteiger partial charge is 0.494 e. The Hall–Kier alpha value is -3.65. The molecule has 0 aliphatic heterocycles. The van der Waals surface area contributed by atoms with Crippen LogP contribution < -0.4 is 20.7 Å². The Bertz CT molecular complexity index is 1090. The Kier molecular flexibility index (Phi) is 6.48. The van der Waals surface area contributed by atoms with Gasteiger partial charge in [-0.15, -0.1) is 0 Å². The highest BCUT2D eigenvalue weighted by atomic mass is 32.1. The molecule has 7 nitrogen and oxygen atoms in total. The molecule has 0 fully saturated rings. The van der Waals surface area contributed by atoms with Crippen molar-refractivity contribution in [1.29, 1.82) is 0 Å². The maximum Gasteiger partial charge on any atom is 0.291 e. The second-order valence-electron chi connectivity index (χ2n) is 6.57. The molecule has 0 atom stereocenters. The Morgan fingerprint density at radius 1 is 1.00 bits per heavy atom. The quantitative estimate of drug-likeness (QED) is 0.531. The van der Waals surface area contributed by atoms with E-state index in [-0.39, 0.29) is 16.8 Å². The molecule has 3 N–H and O–H groups in total. The van der Waals surface area contributed by atoms with Crippen LogP contribution in [0.4, 0.5) is 11.4 Å². The first kappa shape index (κ1) is 21.1. The van der Waals surface area contributed by atoms with Gasteiger partial charge in [0.15, 0.2) is 10.9 Å². The number of aryl methyl sites for hydroxylation is 2. The second kappa shape index (κ2) is 9.23. The van der Waals surface area contributed by atoms with Crippen molar-refractivity contribution in [2.45, 2.75) is 13.8 Å². The number of amides is 2. The first-order valence-electron chi connectivity index (χ1n) is 9.10. The highest BCUT2D eigenvalue weighted by Gasteiger charge is 2.14. The number of hydrogen-bond donors (Lipinski definition) is 3. The van der Waals surface area contributed by atoms with Crippen LogP contribution in [0, 0.1) is 13.8 Å². The number of benzene rings is 2. The summed E-state index contributed by atoms with van der Waals surface area (Å²) in [6, 6.07) is 13.8. The highest BCUT2D eigenvalue weighted by molar-refractivity contribution is 7.80. The van der Waals surface area contributed by atoms with Crippen LogP contribution in [0.5, 0.6) is 5.75 Å². The maximum absolute atomic E-state index is 12.5. The second-order valence-corrected chi connectivity index (χ2v) is 6.98. The summed E-state index contributed by atoms with van der Waals surface area (Å²) >= 11 is 5.25. The molecule has 0 aliphatic carbocycles. The number of carbonyl (C=O) groups is 2. The first-order chi connectivity index (χ1) is 14.4. The third-order valence-electron chi connectivity index (χ3n) is 4.31. The van der Waals surface area contributed by atoms with E-state index >= 15 is 0 Å². The van der Waals surface area contributed by atoms with Gasteiger partial charge in [-0.05, 0) is 62.0 Å². The zero-order valence-electron chi connectivity index (χ0n) is 16.7. The summed E-state index contributed by atoms with van der Waals surface area (Å²) < 4.78 is 10.4. The SMILES string of the molecule is COc1cc(NC(=S)NC(=O)c2ccc(C)cc2C)ccc1NC(=O)c1ccco1. The molecule has 0 radical (unpaired) electrons.